The average Bonchev–Trinajstić information content (AvgIpc) is 2.61. The number of halogens is 1. The van der Waals surface area contributed by atoms with Crippen molar-refractivity contribution in [2.24, 2.45) is 5.92 Å². The van der Waals surface area contributed by atoms with Gasteiger partial charge in [0.25, 0.3) is 0 Å². The van der Waals surface area contributed by atoms with Gasteiger partial charge in [-0.15, -0.1) is 12.4 Å². The van der Waals surface area contributed by atoms with E-state index in [0.717, 1.165) is 42.0 Å². The molecular formula is C21H34ClN3O. The van der Waals surface area contributed by atoms with Crippen molar-refractivity contribution in [2.75, 3.05) is 32.1 Å². The van der Waals surface area contributed by atoms with Crippen molar-refractivity contribution in [3.8, 4) is 5.75 Å². The molecule has 4 nitrogen and oxygen atoms in total. The number of hydrogen-bond donors (Lipinski definition) is 1. The summed E-state index contributed by atoms with van der Waals surface area (Å²) in [4.78, 5) is 7.16. The number of rotatable bonds is 10. The molecule has 0 fully saturated rings. The second kappa shape index (κ2) is 11.2. The molecule has 2 rings (SSSR count). The number of benzene rings is 1. The number of methoxy groups -OCH3 is 1. The van der Waals surface area contributed by atoms with E-state index in [9.17, 15) is 0 Å². The lowest BCUT2D eigenvalue weighted by atomic mass is 10.1. The summed E-state index contributed by atoms with van der Waals surface area (Å²) in [5, 5.41) is 4.69. The summed E-state index contributed by atoms with van der Waals surface area (Å²) in [6, 6.07) is 8.76. The molecule has 1 aromatic carbocycles. The normalized spacial score (nSPS) is 11.2. The van der Waals surface area contributed by atoms with E-state index in [4.69, 9.17) is 4.74 Å². The molecule has 0 unspecified atom stereocenters. The van der Waals surface area contributed by atoms with Crippen molar-refractivity contribution in [1.82, 2.24) is 9.88 Å². The van der Waals surface area contributed by atoms with Crippen molar-refractivity contribution < 1.29 is 4.74 Å². The fourth-order valence-electron chi connectivity index (χ4n) is 3.45. The van der Waals surface area contributed by atoms with Crippen LogP contribution in [0.25, 0.3) is 10.9 Å². The van der Waals surface area contributed by atoms with Crippen molar-refractivity contribution in [2.45, 2.75) is 46.6 Å². The first-order valence-corrected chi connectivity index (χ1v) is 9.49. The summed E-state index contributed by atoms with van der Waals surface area (Å²) >= 11 is 0. The lowest BCUT2D eigenvalue weighted by Crippen LogP contribution is -2.40. The largest absolute Gasteiger partial charge is 0.497 e. The summed E-state index contributed by atoms with van der Waals surface area (Å²) < 4.78 is 5.44. The fourth-order valence-corrected chi connectivity index (χ4v) is 3.45. The van der Waals surface area contributed by atoms with Crippen LogP contribution in [0.15, 0.2) is 30.5 Å². The molecule has 0 saturated carbocycles. The topological polar surface area (TPSA) is 37.4 Å². The van der Waals surface area contributed by atoms with Crippen LogP contribution in [0.1, 0.15) is 40.5 Å². The minimum atomic E-state index is 0. The predicted octanol–water partition coefficient (Wildman–Crippen LogP) is 5.22. The minimum absolute atomic E-state index is 0. The molecule has 0 amide bonds. The van der Waals surface area contributed by atoms with E-state index >= 15 is 0 Å². The first-order chi connectivity index (χ1) is 12.1. The second-order valence-corrected chi connectivity index (χ2v) is 7.04. The first kappa shape index (κ1) is 22.5. The molecule has 5 heteroatoms. The molecule has 2 aromatic rings. The lowest BCUT2D eigenvalue weighted by Gasteiger charge is -2.32. The molecule has 0 bridgehead atoms. The molecule has 0 saturated heterocycles. The van der Waals surface area contributed by atoms with Crippen LogP contribution in [0.2, 0.25) is 0 Å². The van der Waals surface area contributed by atoms with E-state index in [0.29, 0.717) is 12.0 Å². The molecule has 26 heavy (non-hydrogen) atoms. The minimum Gasteiger partial charge on any atom is -0.497 e. The number of nitrogens with zero attached hydrogens (tertiary/aromatic N) is 2. The molecule has 0 aliphatic carbocycles. The molecule has 1 heterocycles. The van der Waals surface area contributed by atoms with Gasteiger partial charge >= 0.3 is 0 Å². The van der Waals surface area contributed by atoms with Gasteiger partial charge in [0.15, 0.2) is 0 Å². The monoisotopic (exact) mass is 379 g/mol. The Morgan fingerprint density at radius 1 is 1.19 bits per heavy atom. The van der Waals surface area contributed by atoms with Gasteiger partial charge in [-0.05, 0) is 30.9 Å². The van der Waals surface area contributed by atoms with Gasteiger partial charge in [0, 0.05) is 43.3 Å². The van der Waals surface area contributed by atoms with Crippen LogP contribution in [0.5, 0.6) is 5.75 Å². The molecule has 0 aliphatic heterocycles. The zero-order chi connectivity index (χ0) is 18.2. The number of nitrogens with one attached hydrogen (secondary N) is 1. The standard InChI is InChI=1S/C21H33N3O.ClH/c1-6-18(7-2)24(15-16(3)4)12-11-22-20-14-19(25-5)13-17-9-8-10-23-21(17)20;/h8-10,13-14,16,18,22H,6-7,11-12,15H2,1-5H3;1H. The van der Waals surface area contributed by atoms with Gasteiger partial charge in [0.2, 0.25) is 0 Å². The number of anilines is 1. The molecule has 0 aliphatic rings. The zero-order valence-electron chi connectivity index (χ0n) is 16.8. The average molecular weight is 380 g/mol. The second-order valence-electron chi connectivity index (χ2n) is 7.04. The van der Waals surface area contributed by atoms with Crippen molar-refractivity contribution in [3.05, 3.63) is 30.5 Å². The highest BCUT2D eigenvalue weighted by molar-refractivity contribution is 5.91. The summed E-state index contributed by atoms with van der Waals surface area (Å²) in [6.07, 6.45) is 4.25. The van der Waals surface area contributed by atoms with Gasteiger partial charge in [-0.3, -0.25) is 9.88 Å². The third-order valence-corrected chi connectivity index (χ3v) is 4.69. The number of hydrogen-bond acceptors (Lipinski definition) is 4. The van der Waals surface area contributed by atoms with E-state index < -0.39 is 0 Å². The van der Waals surface area contributed by atoms with E-state index in [2.05, 4.69) is 49.0 Å². The fraction of sp³-hybridized carbons (Fsp3) is 0.571. The highest BCUT2D eigenvalue weighted by Gasteiger charge is 2.16. The lowest BCUT2D eigenvalue weighted by molar-refractivity contribution is 0.172. The number of aromatic nitrogens is 1. The Kier molecular flexibility index (Phi) is 9.74. The Hall–Kier alpha value is -1.52. The zero-order valence-corrected chi connectivity index (χ0v) is 17.6. The Bertz CT molecular complexity index is 659. The molecule has 1 aromatic heterocycles. The van der Waals surface area contributed by atoms with Crippen molar-refractivity contribution >= 4 is 29.0 Å². The van der Waals surface area contributed by atoms with Crippen molar-refractivity contribution in [1.29, 1.82) is 0 Å². The predicted molar refractivity (Wildman–Crippen MR) is 115 cm³/mol. The van der Waals surface area contributed by atoms with Gasteiger partial charge in [0.1, 0.15) is 5.75 Å². The maximum Gasteiger partial charge on any atom is 0.121 e. The smallest absolute Gasteiger partial charge is 0.121 e. The number of pyridine rings is 1. The van der Waals surface area contributed by atoms with Gasteiger partial charge < -0.3 is 10.1 Å². The van der Waals surface area contributed by atoms with Gasteiger partial charge in [-0.2, -0.15) is 0 Å². The summed E-state index contributed by atoms with van der Waals surface area (Å²) in [5.74, 6) is 1.54. The molecule has 0 spiro atoms. The molecule has 1 N–H and O–H groups in total. The maximum absolute atomic E-state index is 5.44. The summed E-state index contributed by atoms with van der Waals surface area (Å²) in [6.45, 7) is 12.2. The highest BCUT2D eigenvalue weighted by atomic mass is 35.5. The van der Waals surface area contributed by atoms with Crippen LogP contribution in [0, 0.1) is 5.92 Å². The molecule has 0 atom stereocenters. The van der Waals surface area contributed by atoms with Gasteiger partial charge in [-0.1, -0.05) is 33.8 Å². The SMILES string of the molecule is CCC(CC)N(CCNc1cc(OC)cc2cccnc12)CC(C)C.Cl. The van der Waals surface area contributed by atoms with Crippen LogP contribution in [0.3, 0.4) is 0 Å². The van der Waals surface area contributed by atoms with Gasteiger partial charge in [0.05, 0.1) is 18.3 Å². The van der Waals surface area contributed by atoms with Crippen LogP contribution >= 0.6 is 12.4 Å². The van der Waals surface area contributed by atoms with Crippen LogP contribution < -0.4 is 10.1 Å². The van der Waals surface area contributed by atoms with Crippen LogP contribution in [-0.4, -0.2) is 42.7 Å². The molecular weight excluding hydrogens is 346 g/mol. The third kappa shape index (κ3) is 6.03. The quantitative estimate of drug-likeness (QED) is 0.613. The number of fused-ring (bicyclic) bond motifs is 1. The summed E-state index contributed by atoms with van der Waals surface area (Å²) in [5.41, 5.74) is 2.05. The number of ether oxygens (including phenoxy) is 1. The summed E-state index contributed by atoms with van der Waals surface area (Å²) in [7, 11) is 1.71. The Morgan fingerprint density at radius 3 is 2.54 bits per heavy atom. The Labute approximate surface area is 164 Å². The van der Waals surface area contributed by atoms with Crippen LogP contribution in [0.4, 0.5) is 5.69 Å². The van der Waals surface area contributed by atoms with Crippen molar-refractivity contribution in [3.63, 3.8) is 0 Å². The van der Waals surface area contributed by atoms with E-state index in [1.54, 1.807) is 7.11 Å². The Balaban J connectivity index is 0.00000338. The maximum atomic E-state index is 5.44. The highest BCUT2D eigenvalue weighted by Crippen LogP contribution is 2.27. The van der Waals surface area contributed by atoms with E-state index in [-0.39, 0.29) is 12.4 Å². The molecule has 0 radical (unpaired) electrons. The van der Waals surface area contributed by atoms with E-state index in [1.807, 2.05) is 24.4 Å². The van der Waals surface area contributed by atoms with Gasteiger partial charge in [-0.25, -0.2) is 0 Å². The third-order valence-electron chi connectivity index (χ3n) is 4.69. The Morgan fingerprint density at radius 2 is 1.92 bits per heavy atom. The van der Waals surface area contributed by atoms with Crippen LogP contribution in [-0.2, 0) is 0 Å². The molecule has 146 valence electrons. The van der Waals surface area contributed by atoms with E-state index in [1.165, 1.54) is 12.8 Å². The first-order valence-electron chi connectivity index (χ1n) is 9.49.